The van der Waals surface area contributed by atoms with Crippen molar-refractivity contribution in [3.63, 3.8) is 0 Å². The first-order valence-electron chi connectivity index (χ1n) is 11.4. The Kier molecular flexibility index (Phi) is 7.24. The van der Waals surface area contributed by atoms with Crippen molar-refractivity contribution in [1.82, 2.24) is 14.8 Å². The van der Waals surface area contributed by atoms with E-state index in [1.54, 1.807) is 30.3 Å². The van der Waals surface area contributed by atoms with Crippen LogP contribution in [-0.2, 0) is 19.4 Å². The SMILES string of the molecule is C=CCc1ccc2nc(C(F)(F)F)cc(N[C@H]3CCCC(N=C([O-])c4cn(CF)nc4C#N)C3)c2c1. The summed E-state index contributed by atoms with van der Waals surface area (Å²) < 4.78 is 54.3. The number of nitriles is 1. The monoisotopic (exact) mass is 499 g/mol. The van der Waals surface area contributed by atoms with Crippen LogP contribution in [0.25, 0.3) is 10.9 Å². The maximum absolute atomic E-state index is 13.5. The van der Waals surface area contributed by atoms with Gasteiger partial charge in [0.1, 0.15) is 11.8 Å². The average Bonchev–Trinajstić information content (AvgIpc) is 3.28. The molecule has 1 aromatic carbocycles. The number of aromatic nitrogens is 3. The Morgan fingerprint density at radius 2 is 2.14 bits per heavy atom. The number of halogens is 4. The number of rotatable bonds is 7. The molecule has 0 amide bonds. The largest absolute Gasteiger partial charge is 0.858 e. The van der Waals surface area contributed by atoms with E-state index in [1.807, 2.05) is 0 Å². The number of alkyl halides is 4. The van der Waals surface area contributed by atoms with Gasteiger partial charge in [-0.3, -0.25) is 4.99 Å². The summed E-state index contributed by atoms with van der Waals surface area (Å²) >= 11 is 0. The lowest BCUT2D eigenvalue weighted by atomic mass is 9.91. The molecule has 2 aromatic heterocycles. The number of allylic oxidation sites excluding steroid dienone is 1. The lowest BCUT2D eigenvalue weighted by Crippen LogP contribution is -2.32. The first-order chi connectivity index (χ1) is 17.2. The maximum atomic E-state index is 13.5. The van der Waals surface area contributed by atoms with Crippen LogP contribution in [0.5, 0.6) is 0 Å². The van der Waals surface area contributed by atoms with E-state index >= 15 is 0 Å². The highest BCUT2D eigenvalue weighted by molar-refractivity contribution is 5.93. The Morgan fingerprint density at radius 1 is 1.33 bits per heavy atom. The van der Waals surface area contributed by atoms with Gasteiger partial charge >= 0.3 is 6.18 Å². The molecule has 0 saturated heterocycles. The third kappa shape index (κ3) is 5.48. The highest BCUT2D eigenvalue weighted by Crippen LogP contribution is 2.35. The number of hydrogen-bond acceptors (Lipinski definition) is 6. The molecular weight excluding hydrogens is 476 g/mol. The summed E-state index contributed by atoms with van der Waals surface area (Å²) in [4.78, 5) is 8.00. The molecule has 1 N–H and O–H groups in total. The van der Waals surface area contributed by atoms with Gasteiger partial charge in [-0.25, -0.2) is 14.1 Å². The lowest BCUT2D eigenvalue weighted by molar-refractivity contribution is -0.213. The number of fused-ring (bicyclic) bond motifs is 1. The zero-order valence-electron chi connectivity index (χ0n) is 19.2. The third-order valence-corrected chi connectivity index (χ3v) is 6.07. The number of benzene rings is 1. The molecule has 0 radical (unpaired) electrons. The van der Waals surface area contributed by atoms with Gasteiger partial charge in [-0.1, -0.05) is 12.1 Å². The molecule has 0 spiro atoms. The zero-order chi connectivity index (χ0) is 25.9. The van der Waals surface area contributed by atoms with Crippen molar-refractivity contribution in [2.45, 2.75) is 57.2 Å². The van der Waals surface area contributed by atoms with Crippen molar-refractivity contribution < 1.29 is 22.7 Å². The molecule has 188 valence electrons. The van der Waals surface area contributed by atoms with Gasteiger partial charge in [0.25, 0.3) is 0 Å². The van der Waals surface area contributed by atoms with E-state index in [2.05, 4.69) is 27.0 Å². The Labute approximate surface area is 204 Å². The molecular formula is C25H23F4N6O-. The van der Waals surface area contributed by atoms with Gasteiger partial charge < -0.3 is 10.4 Å². The minimum Gasteiger partial charge on any atom is -0.858 e. The zero-order valence-corrected chi connectivity index (χ0v) is 19.2. The fourth-order valence-electron chi connectivity index (χ4n) is 4.42. The Balaban J connectivity index is 1.61. The first-order valence-corrected chi connectivity index (χ1v) is 11.4. The second kappa shape index (κ2) is 10.4. The van der Waals surface area contributed by atoms with Gasteiger partial charge in [0.2, 0.25) is 0 Å². The number of hydrogen-bond donors (Lipinski definition) is 1. The second-order valence-corrected chi connectivity index (χ2v) is 8.66. The average molecular weight is 499 g/mol. The number of nitrogens with zero attached hydrogens (tertiary/aromatic N) is 5. The van der Waals surface area contributed by atoms with E-state index in [-0.39, 0.29) is 22.8 Å². The standard InChI is InChI=1S/C25H24F4N6O/c1-2-4-15-7-8-20-18(9-15)21(11-23(33-20)25(27,28)29)31-16-5-3-6-17(10-16)32-24(36)19-13-35(14-26)34-22(19)12-30/h2,7-9,11,13,16-17H,1,3-6,10,14H2,(H,31,33)(H,32,36)/p-1/t16-,17?/m0/s1. The summed E-state index contributed by atoms with van der Waals surface area (Å²) in [6.07, 6.45) is 1.21. The van der Waals surface area contributed by atoms with Crippen molar-refractivity contribution in [3.05, 3.63) is 65.6 Å². The Hall–Kier alpha value is -3.94. The number of aliphatic imine (C=N–C) groups is 1. The van der Waals surface area contributed by atoms with E-state index in [1.165, 1.54) is 0 Å². The summed E-state index contributed by atoms with van der Waals surface area (Å²) in [5.41, 5.74) is 0.161. The summed E-state index contributed by atoms with van der Waals surface area (Å²) in [5.74, 6) is -0.667. The van der Waals surface area contributed by atoms with Crippen LogP contribution < -0.4 is 10.4 Å². The van der Waals surface area contributed by atoms with Crippen LogP contribution in [0, 0.1) is 11.3 Å². The van der Waals surface area contributed by atoms with Crippen molar-refractivity contribution in [1.29, 1.82) is 5.26 Å². The van der Waals surface area contributed by atoms with Crippen LogP contribution in [0.15, 0.2) is 48.1 Å². The van der Waals surface area contributed by atoms with E-state index in [0.29, 0.717) is 43.2 Å². The Morgan fingerprint density at radius 3 is 2.83 bits per heavy atom. The van der Waals surface area contributed by atoms with Gasteiger partial charge in [0, 0.05) is 28.9 Å². The quantitative estimate of drug-likeness (QED) is 0.223. The van der Waals surface area contributed by atoms with E-state index in [0.717, 1.165) is 22.5 Å². The van der Waals surface area contributed by atoms with E-state index in [9.17, 15) is 22.7 Å². The molecule has 4 rings (SSSR count). The van der Waals surface area contributed by atoms with Crippen molar-refractivity contribution in [2.24, 2.45) is 4.99 Å². The second-order valence-electron chi connectivity index (χ2n) is 8.66. The summed E-state index contributed by atoms with van der Waals surface area (Å²) in [5, 5.41) is 29.3. The van der Waals surface area contributed by atoms with Gasteiger partial charge in [-0.2, -0.15) is 23.5 Å². The maximum Gasteiger partial charge on any atom is 0.433 e. The van der Waals surface area contributed by atoms with Crippen LogP contribution in [-0.4, -0.2) is 32.7 Å². The normalized spacial score (nSPS) is 18.7. The van der Waals surface area contributed by atoms with Gasteiger partial charge in [0.15, 0.2) is 12.5 Å². The number of nitrogens with one attached hydrogen (secondary N) is 1. The van der Waals surface area contributed by atoms with Crippen molar-refractivity contribution in [3.8, 4) is 6.07 Å². The minimum absolute atomic E-state index is 0.0741. The van der Waals surface area contributed by atoms with Gasteiger partial charge in [-0.15, -0.1) is 6.58 Å². The van der Waals surface area contributed by atoms with Crippen LogP contribution >= 0.6 is 0 Å². The molecule has 1 aliphatic rings. The molecule has 0 bridgehead atoms. The fourth-order valence-corrected chi connectivity index (χ4v) is 4.42. The van der Waals surface area contributed by atoms with Gasteiger partial charge in [-0.05, 0) is 61.8 Å². The summed E-state index contributed by atoms with van der Waals surface area (Å²) in [7, 11) is 0. The lowest BCUT2D eigenvalue weighted by Gasteiger charge is -2.30. The van der Waals surface area contributed by atoms with Crippen LogP contribution in [0.3, 0.4) is 0 Å². The predicted molar refractivity (Wildman–Crippen MR) is 125 cm³/mol. The molecule has 2 heterocycles. The highest BCUT2D eigenvalue weighted by Gasteiger charge is 2.34. The van der Waals surface area contributed by atoms with Crippen molar-refractivity contribution >= 4 is 22.5 Å². The number of pyridine rings is 1. The predicted octanol–water partition coefficient (Wildman–Crippen LogP) is 4.51. The molecule has 11 heteroatoms. The molecule has 36 heavy (non-hydrogen) atoms. The number of anilines is 1. The molecule has 1 saturated carbocycles. The van der Waals surface area contributed by atoms with E-state index in [4.69, 9.17) is 5.26 Å². The molecule has 7 nitrogen and oxygen atoms in total. The van der Waals surface area contributed by atoms with Crippen LogP contribution in [0.4, 0.5) is 23.2 Å². The van der Waals surface area contributed by atoms with Gasteiger partial charge in [0.05, 0.1) is 11.6 Å². The topological polar surface area (TPSA) is 102 Å². The smallest absolute Gasteiger partial charge is 0.433 e. The molecule has 0 aliphatic heterocycles. The third-order valence-electron chi connectivity index (χ3n) is 6.07. The molecule has 2 atom stereocenters. The molecule has 1 aliphatic carbocycles. The first kappa shape index (κ1) is 25.2. The van der Waals surface area contributed by atoms with Crippen molar-refractivity contribution in [2.75, 3.05) is 5.32 Å². The molecule has 3 aromatic rings. The molecule has 1 unspecified atom stereocenters. The van der Waals surface area contributed by atoms with Crippen LogP contribution in [0.2, 0.25) is 0 Å². The Bertz CT molecular complexity index is 1340. The molecule has 1 fully saturated rings. The van der Waals surface area contributed by atoms with E-state index < -0.39 is 30.6 Å². The minimum atomic E-state index is -4.61. The fraction of sp³-hybridized carbons (Fsp3) is 0.360. The summed E-state index contributed by atoms with van der Waals surface area (Å²) in [6, 6.07) is 7.22. The van der Waals surface area contributed by atoms with Crippen LogP contribution in [0.1, 0.15) is 48.2 Å². The summed E-state index contributed by atoms with van der Waals surface area (Å²) in [6.45, 7) is 2.73. The highest BCUT2D eigenvalue weighted by atomic mass is 19.4.